The number of imide groups is 1. The quantitative estimate of drug-likeness (QED) is 0.774. The van der Waals surface area contributed by atoms with Crippen LogP contribution < -0.4 is 4.74 Å². The van der Waals surface area contributed by atoms with Gasteiger partial charge < -0.3 is 4.74 Å². The Balaban J connectivity index is 2.40. The first kappa shape index (κ1) is 11.7. The maximum absolute atomic E-state index is 12.2. The Morgan fingerprint density at radius 2 is 1.79 bits per heavy atom. The topological polar surface area (TPSA) is 46.6 Å². The van der Waals surface area contributed by atoms with Gasteiger partial charge >= 0.3 is 0 Å². The van der Waals surface area contributed by atoms with Gasteiger partial charge in [-0.25, -0.2) is 0 Å². The fraction of sp³-hybridized carbons (Fsp3) is 0.200. The van der Waals surface area contributed by atoms with Crippen LogP contribution in [-0.2, 0) is 0 Å². The molecule has 1 heterocycles. The number of fused-ring (bicyclic) bond motifs is 3. The van der Waals surface area contributed by atoms with Crippen molar-refractivity contribution in [2.75, 3.05) is 13.7 Å². The number of rotatable bonds is 2. The average Bonchev–Trinajstić information content (AvgIpc) is 2.64. The largest absolute Gasteiger partial charge is 0.493 e. The number of benzene rings is 2. The zero-order valence-electron chi connectivity index (χ0n) is 10.8. The van der Waals surface area contributed by atoms with Gasteiger partial charge in [-0.2, -0.15) is 0 Å². The van der Waals surface area contributed by atoms with E-state index in [1.54, 1.807) is 6.07 Å². The van der Waals surface area contributed by atoms with E-state index in [1.807, 2.05) is 31.2 Å². The lowest BCUT2D eigenvalue weighted by molar-refractivity contribution is 0.0693. The second-order valence-electron chi connectivity index (χ2n) is 4.45. The fourth-order valence-electron chi connectivity index (χ4n) is 2.46. The Bertz CT molecular complexity index is 706. The van der Waals surface area contributed by atoms with Gasteiger partial charge in [-0.15, -0.1) is 0 Å². The third kappa shape index (κ3) is 1.53. The van der Waals surface area contributed by atoms with Gasteiger partial charge in [0.1, 0.15) is 5.75 Å². The summed E-state index contributed by atoms with van der Waals surface area (Å²) in [5, 5.41) is 1.63. The summed E-state index contributed by atoms with van der Waals surface area (Å²) in [6, 6.07) is 9.17. The zero-order valence-corrected chi connectivity index (χ0v) is 10.8. The van der Waals surface area contributed by atoms with E-state index in [-0.39, 0.29) is 11.8 Å². The molecule has 0 N–H and O–H groups in total. The number of ether oxygens (including phenoxy) is 1. The van der Waals surface area contributed by atoms with E-state index in [0.717, 1.165) is 15.7 Å². The molecule has 1 aliphatic heterocycles. The molecule has 4 heteroatoms. The van der Waals surface area contributed by atoms with Crippen molar-refractivity contribution in [3.8, 4) is 5.75 Å². The highest BCUT2D eigenvalue weighted by Gasteiger charge is 2.35. The molecule has 2 amide bonds. The summed E-state index contributed by atoms with van der Waals surface area (Å²) >= 11 is 0. The molecule has 0 bridgehead atoms. The smallest absolute Gasteiger partial charge is 0.261 e. The number of carbonyl (C=O) groups is 2. The number of hydrogen-bond donors (Lipinski definition) is 0. The first-order valence-corrected chi connectivity index (χ1v) is 6.16. The third-order valence-corrected chi connectivity index (χ3v) is 3.36. The standard InChI is InChI=1S/C15H13NO3/c1-3-19-12-8-11-13(15(18)16(2)14(11)17)10-7-5-4-6-9(10)12/h4-8H,3H2,1-2H3. The molecule has 0 fully saturated rings. The lowest BCUT2D eigenvalue weighted by atomic mass is 9.99. The summed E-state index contributed by atoms with van der Waals surface area (Å²) in [5.41, 5.74) is 0.904. The van der Waals surface area contributed by atoms with Crippen LogP contribution in [0.1, 0.15) is 27.6 Å². The molecule has 3 rings (SSSR count). The van der Waals surface area contributed by atoms with Crippen LogP contribution in [0.2, 0.25) is 0 Å². The summed E-state index contributed by atoms with van der Waals surface area (Å²) in [6.45, 7) is 2.40. The zero-order chi connectivity index (χ0) is 13.6. The molecule has 19 heavy (non-hydrogen) atoms. The molecule has 2 aromatic rings. The van der Waals surface area contributed by atoms with E-state index in [4.69, 9.17) is 4.74 Å². The van der Waals surface area contributed by atoms with Crippen molar-refractivity contribution >= 4 is 22.6 Å². The molecule has 0 saturated carbocycles. The molecule has 0 radical (unpaired) electrons. The summed E-state index contributed by atoms with van der Waals surface area (Å²) < 4.78 is 5.58. The van der Waals surface area contributed by atoms with Crippen LogP contribution >= 0.6 is 0 Å². The minimum atomic E-state index is -0.272. The molecule has 0 atom stereocenters. The Morgan fingerprint density at radius 3 is 2.47 bits per heavy atom. The van der Waals surface area contributed by atoms with Gasteiger partial charge in [-0.3, -0.25) is 14.5 Å². The van der Waals surface area contributed by atoms with E-state index in [2.05, 4.69) is 0 Å². The van der Waals surface area contributed by atoms with Gasteiger partial charge in [0.05, 0.1) is 17.7 Å². The predicted molar refractivity (Wildman–Crippen MR) is 71.5 cm³/mol. The van der Waals surface area contributed by atoms with E-state index in [0.29, 0.717) is 23.5 Å². The van der Waals surface area contributed by atoms with Crippen LogP contribution in [0.5, 0.6) is 5.75 Å². The summed E-state index contributed by atoms with van der Waals surface area (Å²) in [6.07, 6.45) is 0. The van der Waals surface area contributed by atoms with Crippen LogP contribution in [0.25, 0.3) is 10.8 Å². The Morgan fingerprint density at radius 1 is 1.11 bits per heavy atom. The molecular weight excluding hydrogens is 242 g/mol. The van der Waals surface area contributed by atoms with Crippen molar-refractivity contribution in [2.24, 2.45) is 0 Å². The number of hydrogen-bond acceptors (Lipinski definition) is 3. The van der Waals surface area contributed by atoms with E-state index in [9.17, 15) is 9.59 Å². The molecule has 2 aromatic carbocycles. The van der Waals surface area contributed by atoms with Gasteiger partial charge in [0.25, 0.3) is 11.8 Å². The number of carbonyl (C=O) groups excluding carboxylic acids is 2. The maximum Gasteiger partial charge on any atom is 0.261 e. The number of nitrogens with zero attached hydrogens (tertiary/aromatic N) is 1. The maximum atomic E-state index is 12.2. The molecule has 0 aliphatic carbocycles. The monoisotopic (exact) mass is 255 g/mol. The van der Waals surface area contributed by atoms with Crippen LogP contribution in [0.15, 0.2) is 30.3 Å². The molecule has 0 unspecified atom stereocenters. The van der Waals surface area contributed by atoms with Gasteiger partial charge in [0.15, 0.2) is 0 Å². The first-order valence-electron chi connectivity index (χ1n) is 6.16. The van der Waals surface area contributed by atoms with Crippen molar-refractivity contribution in [3.05, 3.63) is 41.5 Å². The highest BCUT2D eigenvalue weighted by Crippen LogP contribution is 2.35. The van der Waals surface area contributed by atoms with Crippen LogP contribution in [-0.4, -0.2) is 30.4 Å². The second kappa shape index (κ2) is 4.09. The average molecular weight is 255 g/mol. The van der Waals surface area contributed by atoms with Gasteiger partial charge in [0, 0.05) is 12.4 Å². The van der Waals surface area contributed by atoms with E-state index in [1.165, 1.54) is 7.05 Å². The SMILES string of the molecule is CCOc1cc2c(c3ccccc13)C(=O)N(C)C2=O. The van der Waals surface area contributed by atoms with Gasteiger partial charge in [-0.1, -0.05) is 24.3 Å². The first-order chi connectivity index (χ1) is 9.15. The minimum absolute atomic E-state index is 0.251. The fourth-order valence-corrected chi connectivity index (χ4v) is 2.46. The summed E-state index contributed by atoms with van der Waals surface area (Å²) in [7, 11) is 1.50. The van der Waals surface area contributed by atoms with E-state index >= 15 is 0 Å². The Labute approximate surface area is 110 Å². The predicted octanol–water partition coefficient (Wildman–Crippen LogP) is 2.46. The molecule has 0 aromatic heterocycles. The van der Waals surface area contributed by atoms with Crippen molar-refractivity contribution in [2.45, 2.75) is 6.92 Å². The summed E-state index contributed by atoms with van der Waals surface area (Å²) in [4.78, 5) is 25.4. The van der Waals surface area contributed by atoms with Crippen molar-refractivity contribution in [1.82, 2.24) is 4.90 Å². The highest BCUT2D eigenvalue weighted by atomic mass is 16.5. The third-order valence-electron chi connectivity index (χ3n) is 3.36. The second-order valence-corrected chi connectivity index (χ2v) is 4.45. The van der Waals surface area contributed by atoms with Gasteiger partial charge in [0.2, 0.25) is 0 Å². The molecule has 96 valence electrons. The molecule has 4 nitrogen and oxygen atoms in total. The molecule has 0 spiro atoms. The van der Waals surface area contributed by atoms with Gasteiger partial charge in [-0.05, 0) is 18.4 Å². The molecular formula is C15H13NO3. The number of amides is 2. The highest BCUT2D eigenvalue weighted by molar-refractivity contribution is 6.27. The van der Waals surface area contributed by atoms with Crippen LogP contribution in [0.4, 0.5) is 0 Å². The van der Waals surface area contributed by atoms with Crippen molar-refractivity contribution in [1.29, 1.82) is 0 Å². The summed E-state index contributed by atoms with van der Waals surface area (Å²) in [5.74, 6) is 0.124. The lowest BCUT2D eigenvalue weighted by Crippen LogP contribution is -2.24. The minimum Gasteiger partial charge on any atom is -0.493 e. The Kier molecular flexibility index (Phi) is 2.52. The lowest BCUT2D eigenvalue weighted by Gasteiger charge is -2.09. The Hall–Kier alpha value is -2.36. The van der Waals surface area contributed by atoms with Crippen molar-refractivity contribution < 1.29 is 14.3 Å². The molecule has 1 aliphatic rings. The molecule has 0 saturated heterocycles. The van der Waals surface area contributed by atoms with E-state index < -0.39 is 0 Å². The van der Waals surface area contributed by atoms with Crippen LogP contribution in [0.3, 0.4) is 0 Å². The van der Waals surface area contributed by atoms with Crippen LogP contribution in [0, 0.1) is 0 Å². The van der Waals surface area contributed by atoms with Crippen molar-refractivity contribution in [3.63, 3.8) is 0 Å². The normalized spacial score (nSPS) is 14.1.